The topological polar surface area (TPSA) is 63.8 Å². The molecule has 3 aromatic carbocycles. The van der Waals surface area contributed by atoms with Crippen LogP contribution >= 0.6 is 86.9 Å². The van der Waals surface area contributed by atoms with Gasteiger partial charge in [0.15, 0.2) is 5.76 Å². The van der Waals surface area contributed by atoms with E-state index in [0.29, 0.717) is 30.3 Å². The second-order valence-electron chi connectivity index (χ2n) is 6.95. The molecular weight excluding hydrogens is 743 g/mol. The van der Waals surface area contributed by atoms with Gasteiger partial charge >= 0.3 is 5.91 Å². The number of hydrogen-bond acceptors (Lipinski definition) is 4. The Morgan fingerprint density at radius 2 is 1.74 bits per heavy atom. The quantitative estimate of drug-likeness (QED) is 0.158. The van der Waals surface area contributed by atoms with Crippen LogP contribution in [-0.2, 0) is 6.61 Å². The van der Waals surface area contributed by atoms with Crippen molar-refractivity contribution >= 4 is 110 Å². The van der Waals surface area contributed by atoms with Crippen molar-refractivity contribution in [2.24, 2.45) is 5.10 Å². The molecule has 0 unspecified atom stereocenters. The Hall–Kier alpha value is -1.36. The molecular formula is C23H12Br4Cl2N2O3. The number of carbonyl (C=O) groups excluding carboxylic acids is 1. The van der Waals surface area contributed by atoms with E-state index in [-0.39, 0.29) is 12.4 Å². The second-order valence-corrected chi connectivity index (χ2v) is 11.3. The molecule has 0 spiro atoms. The van der Waals surface area contributed by atoms with Gasteiger partial charge in [0.1, 0.15) is 17.9 Å². The van der Waals surface area contributed by atoms with E-state index >= 15 is 0 Å². The fourth-order valence-corrected chi connectivity index (χ4v) is 6.24. The molecule has 174 valence electrons. The summed E-state index contributed by atoms with van der Waals surface area (Å²) in [5.74, 6) is 0.289. The van der Waals surface area contributed by atoms with Crippen molar-refractivity contribution in [1.82, 2.24) is 5.43 Å². The number of rotatable bonds is 6. The summed E-state index contributed by atoms with van der Waals surface area (Å²) in [4.78, 5) is 12.5. The van der Waals surface area contributed by atoms with E-state index in [1.54, 1.807) is 18.2 Å². The summed E-state index contributed by atoms with van der Waals surface area (Å²) in [5.41, 5.74) is 4.60. The number of carbonyl (C=O) groups is 1. The van der Waals surface area contributed by atoms with Gasteiger partial charge in [-0.1, -0.05) is 45.2 Å². The van der Waals surface area contributed by atoms with Gasteiger partial charge in [-0.05, 0) is 95.8 Å². The van der Waals surface area contributed by atoms with Gasteiger partial charge in [0.05, 0.1) is 19.6 Å². The smallest absolute Gasteiger partial charge is 0.307 e. The summed E-state index contributed by atoms with van der Waals surface area (Å²) >= 11 is 26.0. The van der Waals surface area contributed by atoms with Crippen LogP contribution in [0.1, 0.15) is 21.7 Å². The molecule has 0 fully saturated rings. The monoisotopic (exact) mass is 750 g/mol. The minimum Gasteiger partial charge on any atom is -0.486 e. The highest BCUT2D eigenvalue weighted by atomic mass is 79.9. The Labute approximate surface area is 238 Å². The van der Waals surface area contributed by atoms with Crippen LogP contribution in [0.15, 0.2) is 75.9 Å². The Balaban J connectivity index is 1.43. The zero-order chi connectivity index (χ0) is 24.4. The fraction of sp³-hybridized carbons (Fsp3) is 0.0435. The van der Waals surface area contributed by atoms with Crippen molar-refractivity contribution in [2.45, 2.75) is 6.61 Å². The first-order valence-electron chi connectivity index (χ1n) is 9.49. The van der Waals surface area contributed by atoms with E-state index < -0.39 is 5.91 Å². The van der Waals surface area contributed by atoms with Crippen molar-refractivity contribution in [3.05, 3.63) is 93.4 Å². The highest BCUT2D eigenvalue weighted by Gasteiger charge is 2.15. The molecule has 0 aliphatic carbocycles. The van der Waals surface area contributed by atoms with Gasteiger partial charge in [-0.2, -0.15) is 5.10 Å². The molecule has 34 heavy (non-hydrogen) atoms. The predicted molar refractivity (Wildman–Crippen MR) is 149 cm³/mol. The van der Waals surface area contributed by atoms with E-state index in [2.05, 4.69) is 74.2 Å². The molecule has 0 atom stereocenters. The number of furan rings is 1. The number of amides is 1. The summed E-state index contributed by atoms with van der Waals surface area (Å²) in [7, 11) is 0. The molecule has 11 heteroatoms. The lowest BCUT2D eigenvalue weighted by atomic mass is 10.2. The largest absolute Gasteiger partial charge is 0.486 e. The SMILES string of the molecule is O=C(N/N=C\c1cc(Br)c(OCc2ccc(Cl)cc2Cl)c(Br)c1)c1cc2cc(Br)cc(Br)c2o1. The molecule has 0 bridgehead atoms. The maximum atomic E-state index is 12.5. The van der Waals surface area contributed by atoms with Crippen molar-refractivity contribution in [1.29, 1.82) is 0 Å². The number of benzene rings is 3. The summed E-state index contributed by atoms with van der Waals surface area (Å²) in [6, 6.07) is 14.2. The number of fused-ring (bicyclic) bond motifs is 1. The lowest BCUT2D eigenvalue weighted by molar-refractivity contribution is 0.0929. The minimum atomic E-state index is -0.464. The normalized spacial score (nSPS) is 11.4. The van der Waals surface area contributed by atoms with Crippen molar-refractivity contribution < 1.29 is 13.9 Å². The Morgan fingerprint density at radius 3 is 2.44 bits per heavy atom. The molecule has 1 aromatic heterocycles. The van der Waals surface area contributed by atoms with E-state index in [1.165, 1.54) is 6.21 Å². The van der Waals surface area contributed by atoms with Crippen LogP contribution in [-0.4, -0.2) is 12.1 Å². The Morgan fingerprint density at radius 1 is 1.00 bits per heavy atom. The summed E-state index contributed by atoms with van der Waals surface area (Å²) in [5, 5.41) is 5.92. The summed E-state index contributed by atoms with van der Waals surface area (Å²) in [6.07, 6.45) is 1.52. The molecule has 0 radical (unpaired) electrons. The van der Waals surface area contributed by atoms with E-state index in [1.807, 2.05) is 30.3 Å². The zero-order valence-electron chi connectivity index (χ0n) is 16.8. The molecule has 1 heterocycles. The van der Waals surface area contributed by atoms with Crippen molar-refractivity contribution in [3.8, 4) is 5.75 Å². The lowest BCUT2D eigenvalue weighted by Crippen LogP contribution is -2.16. The number of nitrogens with zero attached hydrogens (tertiary/aromatic N) is 1. The molecule has 5 nitrogen and oxygen atoms in total. The first-order valence-corrected chi connectivity index (χ1v) is 13.4. The lowest BCUT2D eigenvalue weighted by Gasteiger charge is -2.12. The minimum absolute atomic E-state index is 0.151. The summed E-state index contributed by atoms with van der Waals surface area (Å²) < 4.78 is 14.6. The number of halogens is 6. The predicted octanol–water partition coefficient (Wildman–Crippen LogP) is 9.13. The van der Waals surface area contributed by atoms with E-state index in [9.17, 15) is 4.79 Å². The molecule has 0 saturated heterocycles. The van der Waals surface area contributed by atoms with Crippen LogP contribution in [0.25, 0.3) is 11.0 Å². The highest BCUT2D eigenvalue weighted by molar-refractivity contribution is 9.11. The van der Waals surface area contributed by atoms with E-state index in [4.69, 9.17) is 32.4 Å². The molecule has 4 rings (SSSR count). The van der Waals surface area contributed by atoms with Crippen molar-refractivity contribution in [2.75, 3.05) is 0 Å². The maximum Gasteiger partial charge on any atom is 0.307 e. The maximum absolute atomic E-state index is 12.5. The van der Waals surface area contributed by atoms with Gasteiger partial charge in [-0.25, -0.2) is 5.43 Å². The third-order valence-corrected chi connectivity index (χ3v) is 7.36. The average Bonchev–Trinajstić information content (AvgIpc) is 3.19. The molecule has 0 aliphatic rings. The van der Waals surface area contributed by atoms with E-state index in [0.717, 1.165) is 25.5 Å². The van der Waals surface area contributed by atoms with Gasteiger partial charge in [0, 0.05) is 25.5 Å². The van der Waals surface area contributed by atoms with Crippen LogP contribution in [0, 0.1) is 0 Å². The van der Waals surface area contributed by atoms with Crippen LogP contribution in [0.4, 0.5) is 0 Å². The highest BCUT2D eigenvalue weighted by Crippen LogP contribution is 2.36. The van der Waals surface area contributed by atoms with Gasteiger partial charge in [-0.15, -0.1) is 0 Å². The van der Waals surface area contributed by atoms with Gasteiger partial charge in [-0.3, -0.25) is 4.79 Å². The number of ether oxygens (including phenoxy) is 1. The van der Waals surface area contributed by atoms with Crippen LogP contribution in [0.2, 0.25) is 10.0 Å². The Kier molecular flexibility index (Phi) is 8.43. The molecule has 4 aromatic rings. The fourth-order valence-electron chi connectivity index (χ4n) is 2.99. The van der Waals surface area contributed by atoms with Gasteiger partial charge in [0.25, 0.3) is 0 Å². The molecule has 1 amide bonds. The summed E-state index contributed by atoms with van der Waals surface area (Å²) in [6.45, 7) is 0.265. The van der Waals surface area contributed by atoms with Crippen LogP contribution in [0.3, 0.4) is 0 Å². The number of hydrazone groups is 1. The third kappa shape index (κ3) is 6.06. The first kappa shape index (κ1) is 25.7. The van der Waals surface area contributed by atoms with Gasteiger partial charge < -0.3 is 9.15 Å². The standard InChI is InChI=1S/C23H12Br4Cl2N2O3/c24-14-5-13-6-20(34-21(13)18(27)7-14)23(32)31-30-9-11-3-16(25)22(17(26)4-11)33-10-12-1-2-15(28)8-19(12)29/h1-9H,10H2,(H,31,32)/b30-9-. The van der Waals surface area contributed by atoms with Gasteiger partial charge in [0.2, 0.25) is 0 Å². The number of hydrogen-bond donors (Lipinski definition) is 1. The zero-order valence-corrected chi connectivity index (χ0v) is 24.7. The second kappa shape index (κ2) is 11.1. The Bertz CT molecular complexity index is 1420. The first-order chi connectivity index (χ1) is 16.2. The third-order valence-electron chi connectivity index (χ3n) is 4.55. The average molecular weight is 755 g/mol. The molecule has 0 saturated carbocycles. The number of nitrogens with one attached hydrogen (secondary N) is 1. The molecule has 1 N–H and O–H groups in total. The van der Waals surface area contributed by atoms with Crippen LogP contribution in [0.5, 0.6) is 5.75 Å². The van der Waals surface area contributed by atoms with Crippen molar-refractivity contribution in [3.63, 3.8) is 0 Å². The molecule has 0 aliphatic heterocycles. The van der Waals surface area contributed by atoms with Crippen LogP contribution < -0.4 is 10.2 Å².